The van der Waals surface area contributed by atoms with E-state index in [1.165, 1.54) is 18.6 Å². The van der Waals surface area contributed by atoms with Crippen LogP contribution in [0.2, 0.25) is 0 Å². The summed E-state index contributed by atoms with van der Waals surface area (Å²) in [6.07, 6.45) is 0.786. The molecule has 5 heteroatoms. The van der Waals surface area contributed by atoms with Crippen LogP contribution in [0.25, 0.3) is 0 Å². The van der Waals surface area contributed by atoms with Gasteiger partial charge >= 0.3 is 0 Å². The zero-order valence-corrected chi connectivity index (χ0v) is 13.5. The summed E-state index contributed by atoms with van der Waals surface area (Å²) < 4.78 is 0. The Labute approximate surface area is 135 Å². The summed E-state index contributed by atoms with van der Waals surface area (Å²) in [5.74, 6) is -0.190. The van der Waals surface area contributed by atoms with Gasteiger partial charge in [0.1, 0.15) is 5.69 Å². The van der Waals surface area contributed by atoms with Crippen molar-refractivity contribution >= 4 is 17.2 Å². The number of ketones is 1. The third-order valence-electron chi connectivity index (χ3n) is 3.82. The summed E-state index contributed by atoms with van der Waals surface area (Å²) >= 11 is 0. The largest absolute Gasteiger partial charge is 0.373 e. The van der Waals surface area contributed by atoms with Crippen molar-refractivity contribution in [3.63, 3.8) is 0 Å². The number of aryl methyl sites for hydroxylation is 1. The van der Waals surface area contributed by atoms with E-state index in [1.54, 1.807) is 12.1 Å². The minimum Gasteiger partial charge on any atom is -0.373 e. The molecule has 2 aromatic rings. The molecule has 0 saturated carbocycles. The fourth-order valence-electron chi connectivity index (χ4n) is 2.43. The molecule has 0 radical (unpaired) electrons. The number of carbonyl (C=O) groups is 1. The van der Waals surface area contributed by atoms with Crippen molar-refractivity contribution < 1.29 is 9.72 Å². The van der Waals surface area contributed by atoms with E-state index in [-0.39, 0.29) is 17.5 Å². The molecule has 0 amide bonds. The first-order valence-corrected chi connectivity index (χ1v) is 7.54. The molecule has 1 N–H and O–H groups in total. The van der Waals surface area contributed by atoms with Crippen LogP contribution in [-0.2, 0) is 0 Å². The predicted octanol–water partition coefficient (Wildman–Crippen LogP) is 4.67. The molecule has 2 rings (SSSR count). The number of nitro benzene ring substituents is 1. The van der Waals surface area contributed by atoms with Gasteiger partial charge in [-0.25, -0.2) is 0 Å². The summed E-state index contributed by atoms with van der Waals surface area (Å²) in [5.41, 5.74) is 2.92. The first-order valence-electron chi connectivity index (χ1n) is 7.54. The van der Waals surface area contributed by atoms with E-state index in [4.69, 9.17) is 0 Å². The molecule has 2 aromatic carbocycles. The Balaban J connectivity index is 2.35. The number of hydrogen-bond donors (Lipinski definition) is 1. The number of nitrogens with zero attached hydrogens (tertiary/aromatic N) is 1. The maximum Gasteiger partial charge on any atom is 0.293 e. The minimum atomic E-state index is -0.462. The second-order valence-electron chi connectivity index (χ2n) is 5.56. The summed E-state index contributed by atoms with van der Waals surface area (Å²) in [4.78, 5) is 22.3. The summed E-state index contributed by atoms with van der Waals surface area (Å²) in [7, 11) is 0. The average molecular weight is 312 g/mol. The van der Waals surface area contributed by atoms with Gasteiger partial charge in [-0.05, 0) is 38.0 Å². The predicted molar refractivity (Wildman–Crippen MR) is 90.9 cm³/mol. The number of nitrogens with one attached hydrogen (secondary N) is 1. The van der Waals surface area contributed by atoms with Crippen LogP contribution >= 0.6 is 0 Å². The standard InChI is InChI=1S/C18H20N2O3/c1-4-16(14-7-5-12(2)6-8-14)19-17-10-9-15(13(3)21)11-18(17)20(22)23/h5-11,16,19H,4H2,1-3H3/t16-/m0/s1. The number of Topliss-reactive ketones (excluding diaryl/α,β-unsaturated/α-hetero) is 1. The highest BCUT2D eigenvalue weighted by Gasteiger charge is 2.19. The molecule has 120 valence electrons. The van der Waals surface area contributed by atoms with Crippen LogP contribution < -0.4 is 5.32 Å². The SMILES string of the molecule is CC[C@H](Nc1ccc(C(C)=O)cc1[N+](=O)[O-])c1ccc(C)cc1. The number of carbonyl (C=O) groups excluding carboxylic acids is 1. The van der Waals surface area contributed by atoms with Gasteiger partial charge in [0.2, 0.25) is 0 Å². The van der Waals surface area contributed by atoms with Crippen molar-refractivity contribution in [2.24, 2.45) is 0 Å². The average Bonchev–Trinajstić information content (AvgIpc) is 2.53. The smallest absolute Gasteiger partial charge is 0.293 e. The molecule has 23 heavy (non-hydrogen) atoms. The molecule has 0 bridgehead atoms. The van der Waals surface area contributed by atoms with E-state index in [2.05, 4.69) is 5.32 Å². The second kappa shape index (κ2) is 7.05. The molecular weight excluding hydrogens is 292 g/mol. The Hall–Kier alpha value is -2.69. The molecule has 1 atom stereocenters. The maximum atomic E-state index is 11.4. The van der Waals surface area contributed by atoms with Gasteiger partial charge < -0.3 is 5.32 Å². The molecule has 0 aromatic heterocycles. The quantitative estimate of drug-likeness (QED) is 0.478. The molecule has 0 aliphatic rings. The van der Waals surface area contributed by atoms with Crippen LogP contribution in [0.3, 0.4) is 0 Å². The number of rotatable bonds is 6. The normalized spacial score (nSPS) is 11.8. The lowest BCUT2D eigenvalue weighted by Crippen LogP contribution is -2.11. The number of benzene rings is 2. The van der Waals surface area contributed by atoms with Crippen LogP contribution in [0.1, 0.15) is 47.8 Å². The summed E-state index contributed by atoms with van der Waals surface area (Å²) in [6, 6.07) is 12.6. The van der Waals surface area contributed by atoms with Gasteiger partial charge in [-0.2, -0.15) is 0 Å². The number of anilines is 1. The lowest BCUT2D eigenvalue weighted by molar-refractivity contribution is -0.384. The summed E-state index contributed by atoms with van der Waals surface area (Å²) in [5, 5.41) is 14.5. The topological polar surface area (TPSA) is 72.2 Å². The van der Waals surface area contributed by atoms with Gasteiger partial charge in [0, 0.05) is 11.6 Å². The van der Waals surface area contributed by atoms with E-state index in [0.717, 1.165) is 12.0 Å². The maximum absolute atomic E-state index is 11.4. The lowest BCUT2D eigenvalue weighted by atomic mass is 10.0. The highest BCUT2D eigenvalue weighted by atomic mass is 16.6. The van der Waals surface area contributed by atoms with Crippen LogP contribution in [0.4, 0.5) is 11.4 Å². The minimum absolute atomic E-state index is 0.0301. The molecule has 0 aliphatic carbocycles. The fourth-order valence-corrected chi connectivity index (χ4v) is 2.43. The van der Waals surface area contributed by atoms with Crippen LogP contribution in [-0.4, -0.2) is 10.7 Å². The van der Waals surface area contributed by atoms with Crippen molar-refractivity contribution in [3.8, 4) is 0 Å². The molecule has 0 unspecified atom stereocenters. The van der Waals surface area contributed by atoms with Gasteiger partial charge in [0.05, 0.1) is 11.0 Å². The second-order valence-corrected chi connectivity index (χ2v) is 5.56. The van der Waals surface area contributed by atoms with Crippen molar-refractivity contribution in [1.29, 1.82) is 0 Å². The monoisotopic (exact) mass is 312 g/mol. The van der Waals surface area contributed by atoms with Crippen molar-refractivity contribution in [2.45, 2.75) is 33.2 Å². The molecule has 5 nitrogen and oxygen atoms in total. The first-order chi connectivity index (χ1) is 10.9. The Morgan fingerprint density at radius 1 is 1.22 bits per heavy atom. The fraction of sp³-hybridized carbons (Fsp3) is 0.278. The van der Waals surface area contributed by atoms with E-state index in [1.807, 2.05) is 38.1 Å². The van der Waals surface area contributed by atoms with Gasteiger partial charge in [-0.3, -0.25) is 14.9 Å². The Morgan fingerprint density at radius 2 is 1.87 bits per heavy atom. The molecular formula is C18H20N2O3. The van der Waals surface area contributed by atoms with Gasteiger partial charge in [0.25, 0.3) is 5.69 Å². The molecule has 0 aliphatic heterocycles. The number of nitro groups is 1. The molecule has 0 heterocycles. The zero-order valence-electron chi connectivity index (χ0n) is 13.5. The van der Waals surface area contributed by atoms with E-state index in [0.29, 0.717) is 11.3 Å². The van der Waals surface area contributed by atoms with Crippen molar-refractivity contribution in [2.75, 3.05) is 5.32 Å². The van der Waals surface area contributed by atoms with E-state index < -0.39 is 4.92 Å². The summed E-state index contributed by atoms with van der Waals surface area (Å²) in [6.45, 7) is 5.43. The van der Waals surface area contributed by atoms with Gasteiger partial charge in [0.15, 0.2) is 5.78 Å². The van der Waals surface area contributed by atoms with Gasteiger partial charge in [-0.15, -0.1) is 0 Å². The van der Waals surface area contributed by atoms with Crippen LogP contribution in [0.15, 0.2) is 42.5 Å². The van der Waals surface area contributed by atoms with Crippen molar-refractivity contribution in [3.05, 3.63) is 69.3 Å². The van der Waals surface area contributed by atoms with E-state index >= 15 is 0 Å². The highest BCUT2D eigenvalue weighted by Crippen LogP contribution is 2.30. The van der Waals surface area contributed by atoms with Gasteiger partial charge in [-0.1, -0.05) is 36.8 Å². The van der Waals surface area contributed by atoms with E-state index in [9.17, 15) is 14.9 Å². The number of hydrogen-bond acceptors (Lipinski definition) is 4. The molecule has 0 saturated heterocycles. The lowest BCUT2D eigenvalue weighted by Gasteiger charge is -2.19. The third kappa shape index (κ3) is 3.94. The highest BCUT2D eigenvalue weighted by molar-refractivity contribution is 5.95. The molecule has 0 fully saturated rings. The molecule has 0 spiro atoms. The van der Waals surface area contributed by atoms with Crippen LogP contribution in [0.5, 0.6) is 0 Å². The Kier molecular flexibility index (Phi) is 5.11. The van der Waals surface area contributed by atoms with Crippen LogP contribution in [0, 0.1) is 17.0 Å². The first kappa shape index (κ1) is 16.7. The van der Waals surface area contributed by atoms with Crippen molar-refractivity contribution in [1.82, 2.24) is 0 Å². The third-order valence-corrected chi connectivity index (χ3v) is 3.82. The Morgan fingerprint density at radius 3 is 2.39 bits per heavy atom. The Bertz CT molecular complexity index is 724. The zero-order chi connectivity index (χ0) is 17.0.